The first-order chi connectivity index (χ1) is 13.3. The number of rotatable bonds is 5. The van der Waals surface area contributed by atoms with Crippen LogP contribution in [0.4, 0.5) is 11.5 Å². The molecule has 136 valence electrons. The highest BCUT2D eigenvalue weighted by Gasteiger charge is 2.23. The number of nitrogens with zero attached hydrogens (tertiary/aromatic N) is 2. The first-order valence-corrected chi connectivity index (χ1v) is 9.20. The second-order valence-electron chi connectivity index (χ2n) is 6.68. The average Bonchev–Trinajstić information content (AvgIpc) is 2.71. The number of carbonyl (C=O) groups excluding carboxylic acids is 1. The standard InChI is InChI=1S/C22H21N3O2/c26-18-10-6-16(7-11-18)20-4-3-15-24-22(20)27-19-12-8-17(9-13-19)25-21-5-1-2-14-23-21/h1-5,8-9,12-16H,6-7,10-11H2,(H,23,25). The number of hydrogen-bond acceptors (Lipinski definition) is 5. The molecule has 0 amide bonds. The molecule has 4 rings (SSSR count). The van der Waals surface area contributed by atoms with Crippen molar-refractivity contribution in [3.8, 4) is 11.6 Å². The predicted octanol–water partition coefficient (Wildman–Crippen LogP) is 5.24. The van der Waals surface area contributed by atoms with E-state index >= 15 is 0 Å². The van der Waals surface area contributed by atoms with Crippen LogP contribution in [0.2, 0.25) is 0 Å². The molecule has 1 saturated carbocycles. The number of Topliss-reactive ketones (excluding diaryl/α,β-unsaturated/α-hetero) is 1. The number of anilines is 2. The number of nitrogens with one attached hydrogen (secondary N) is 1. The van der Waals surface area contributed by atoms with Gasteiger partial charge in [-0.25, -0.2) is 9.97 Å². The molecule has 27 heavy (non-hydrogen) atoms. The Morgan fingerprint density at radius 2 is 1.67 bits per heavy atom. The molecular weight excluding hydrogens is 338 g/mol. The van der Waals surface area contributed by atoms with Gasteiger partial charge in [-0.15, -0.1) is 0 Å². The Hall–Kier alpha value is -3.21. The number of aromatic nitrogens is 2. The van der Waals surface area contributed by atoms with E-state index < -0.39 is 0 Å². The van der Waals surface area contributed by atoms with Crippen LogP contribution in [0.25, 0.3) is 0 Å². The van der Waals surface area contributed by atoms with E-state index in [1.165, 1.54) is 0 Å². The van der Waals surface area contributed by atoms with Gasteiger partial charge in [-0.05, 0) is 61.2 Å². The molecule has 1 aliphatic carbocycles. The molecule has 5 heteroatoms. The van der Waals surface area contributed by atoms with E-state index in [-0.39, 0.29) is 0 Å². The van der Waals surface area contributed by atoms with Crippen LogP contribution in [0.1, 0.15) is 37.2 Å². The maximum atomic E-state index is 11.5. The highest BCUT2D eigenvalue weighted by Crippen LogP contribution is 2.37. The Bertz CT molecular complexity index is 900. The quantitative estimate of drug-likeness (QED) is 0.675. The summed E-state index contributed by atoms with van der Waals surface area (Å²) in [7, 11) is 0. The lowest BCUT2D eigenvalue weighted by atomic mass is 9.84. The SMILES string of the molecule is O=C1CCC(c2cccnc2Oc2ccc(Nc3ccccn3)cc2)CC1. The molecule has 1 aromatic carbocycles. The molecule has 0 atom stereocenters. The van der Waals surface area contributed by atoms with E-state index in [1.54, 1.807) is 12.4 Å². The lowest BCUT2D eigenvalue weighted by Crippen LogP contribution is -2.13. The van der Waals surface area contributed by atoms with Crippen molar-refractivity contribution in [1.29, 1.82) is 0 Å². The molecule has 0 bridgehead atoms. The molecule has 0 radical (unpaired) electrons. The molecule has 3 aromatic rings. The third-order valence-electron chi connectivity index (χ3n) is 4.79. The second kappa shape index (κ2) is 7.99. The van der Waals surface area contributed by atoms with E-state index in [1.807, 2.05) is 48.5 Å². The van der Waals surface area contributed by atoms with Crippen LogP contribution in [-0.2, 0) is 4.79 Å². The molecule has 1 N–H and O–H groups in total. The van der Waals surface area contributed by atoms with Gasteiger partial charge in [0.1, 0.15) is 17.4 Å². The van der Waals surface area contributed by atoms with Gasteiger partial charge >= 0.3 is 0 Å². The number of carbonyl (C=O) groups is 1. The van der Waals surface area contributed by atoms with Crippen molar-refractivity contribution >= 4 is 17.3 Å². The first kappa shape index (κ1) is 17.2. The molecule has 0 unspecified atom stereocenters. The van der Waals surface area contributed by atoms with Crippen molar-refractivity contribution in [2.75, 3.05) is 5.32 Å². The average molecular weight is 359 g/mol. The Labute approximate surface area is 158 Å². The molecule has 1 fully saturated rings. The second-order valence-corrected chi connectivity index (χ2v) is 6.68. The first-order valence-electron chi connectivity index (χ1n) is 9.20. The van der Waals surface area contributed by atoms with Crippen molar-refractivity contribution < 1.29 is 9.53 Å². The summed E-state index contributed by atoms with van der Waals surface area (Å²) in [6.07, 6.45) is 6.52. The van der Waals surface area contributed by atoms with E-state index in [0.717, 1.165) is 35.7 Å². The van der Waals surface area contributed by atoms with Gasteiger partial charge in [0, 0.05) is 36.5 Å². The molecule has 2 heterocycles. The summed E-state index contributed by atoms with van der Waals surface area (Å²) in [6.45, 7) is 0. The van der Waals surface area contributed by atoms with Crippen LogP contribution in [0, 0.1) is 0 Å². The Morgan fingerprint density at radius 1 is 0.889 bits per heavy atom. The fourth-order valence-corrected chi connectivity index (χ4v) is 3.35. The van der Waals surface area contributed by atoms with Gasteiger partial charge in [0.05, 0.1) is 0 Å². The Morgan fingerprint density at radius 3 is 2.41 bits per heavy atom. The van der Waals surface area contributed by atoms with E-state index in [9.17, 15) is 4.79 Å². The van der Waals surface area contributed by atoms with Crippen molar-refractivity contribution in [1.82, 2.24) is 9.97 Å². The summed E-state index contributed by atoms with van der Waals surface area (Å²) in [6, 6.07) is 17.4. The third kappa shape index (κ3) is 4.31. The summed E-state index contributed by atoms with van der Waals surface area (Å²) in [4.78, 5) is 20.2. The molecule has 1 aliphatic rings. The van der Waals surface area contributed by atoms with Crippen LogP contribution in [0.15, 0.2) is 67.0 Å². The van der Waals surface area contributed by atoms with Crippen molar-refractivity contribution in [3.05, 3.63) is 72.6 Å². The molecule has 5 nitrogen and oxygen atoms in total. The van der Waals surface area contributed by atoms with Crippen molar-refractivity contribution in [2.45, 2.75) is 31.6 Å². The van der Waals surface area contributed by atoms with Gasteiger partial charge in [-0.2, -0.15) is 0 Å². The van der Waals surface area contributed by atoms with Crippen LogP contribution in [-0.4, -0.2) is 15.8 Å². The fraction of sp³-hybridized carbons (Fsp3) is 0.227. The minimum atomic E-state index is 0.330. The minimum absolute atomic E-state index is 0.330. The zero-order valence-electron chi connectivity index (χ0n) is 15.0. The number of benzene rings is 1. The fourth-order valence-electron chi connectivity index (χ4n) is 3.35. The van der Waals surface area contributed by atoms with Crippen LogP contribution in [0.5, 0.6) is 11.6 Å². The summed E-state index contributed by atoms with van der Waals surface area (Å²) >= 11 is 0. The summed E-state index contributed by atoms with van der Waals surface area (Å²) in [5.74, 6) is 2.84. The maximum Gasteiger partial charge on any atom is 0.222 e. The van der Waals surface area contributed by atoms with Gasteiger partial charge in [-0.1, -0.05) is 12.1 Å². The lowest BCUT2D eigenvalue weighted by Gasteiger charge is -2.22. The predicted molar refractivity (Wildman–Crippen MR) is 104 cm³/mol. The van der Waals surface area contributed by atoms with Gasteiger partial charge < -0.3 is 10.1 Å². The maximum absolute atomic E-state index is 11.5. The smallest absolute Gasteiger partial charge is 0.222 e. The normalized spacial score (nSPS) is 14.7. The Kier molecular flexibility index (Phi) is 5.10. The number of ether oxygens (including phenoxy) is 1. The minimum Gasteiger partial charge on any atom is -0.439 e. The van der Waals surface area contributed by atoms with E-state index in [2.05, 4.69) is 21.4 Å². The summed E-state index contributed by atoms with van der Waals surface area (Å²) < 4.78 is 6.06. The number of pyridine rings is 2. The molecular formula is C22H21N3O2. The monoisotopic (exact) mass is 359 g/mol. The van der Waals surface area contributed by atoms with Gasteiger partial charge in [0.15, 0.2) is 0 Å². The van der Waals surface area contributed by atoms with Crippen LogP contribution in [0.3, 0.4) is 0 Å². The van der Waals surface area contributed by atoms with Crippen LogP contribution < -0.4 is 10.1 Å². The molecule has 0 aliphatic heterocycles. The van der Waals surface area contributed by atoms with E-state index in [0.29, 0.717) is 30.4 Å². The lowest BCUT2D eigenvalue weighted by molar-refractivity contribution is -0.120. The largest absolute Gasteiger partial charge is 0.439 e. The molecule has 0 spiro atoms. The number of hydrogen-bond donors (Lipinski definition) is 1. The van der Waals surface area contributed by atoms with Gasteiger partial charge in [0.25, 0.3) is 0 Å². The highest BCUT2D eigenvalue weighted by atomic mass is 16.5. The zero-order valence-corrected chi connectivity index (χ0v) is 15.0. The van der Waals surface area contributed by atoms with Crippen LogP contribution >= 0.6 is 0 Å². The molecule has 0 saturated heterocycles. The topological polar surface area (TPSA) is 64.1 Å². The highest BCUT2D eigenvalue weighted by molar-refractivity contribution is 5.79. The summed E-state index contributed by atoms with van der Waals surface area (Å²) in [5.41, 5.74) is 2.02. The van der Waals surface area contributed by atoms with Crippen molar-refractivity contribution in [3.63, 3.8) is 0 Å². The van der Waals surface area contributed by atoms with Crippen molar-refractivity contribution in [2.24, 2.45) is 0 Å². The summed E-state index contributed by atoms with van der Waals surface area (Å²) in [5, 5.41) is 3.25. The van der Waals surface area contributed by atoms with Gasteiger partial charge in [0.2, 0.25) is 5.88 Å². The number of ketones is 1. The van der Waals surface area contributed by atoms with Gasteiger partial charge in [-0.3, -0.25) is 4.79 Å². The zero-order chi connectivity index (χ0) is 18.5. The Balaban J connectivity index is 1.47. The van der Waals surface area contributed by atoms with E-state index in [4.69, 9.17) is 4.74 Å². The molecule has 2 aromatic heterocycles. The third-order valence-corrected chi connectivity index (χ3v) is 4.79.